The normalized spacial score (nSPS) is 9.77. The number of hydrogen-bond donors (Lipinski definition) is 2. The summed E-state index contributed by atoms with van der Waals surface area (Å²) in [5, 5.41) is 3.28. The summed E-state index contributed by atoms with van der Waals surface area (Å²) in [5.74, 6) is -0.205. The number of carbonyl (C=O) groups is 1. The van der Waals surface area contributed by atoms with Crippen molar-refractivity contribution in [2.75, 3.05) is 11.1 Å². The lowest BCUT2D eigenvalue weighted by molar-refractivity contribution is -0.114. The van der Waals surface area contributed by atoms with Crippen molar-refractivity contribution in [1.29, 1.82) is 0 Å². The predicted octanol–water partition coefficient (Wildman–Crippen LogP) is 2.53. The molecule has 0 atom stereocenters. The SMILES string of the molecule is CC(=O)Nc1cc(N)c(Cl)cc1Cl. The van der Waals surface area contributed by atoms with E-state index in [0.29, 0.717) is 21.4 Å². The van der Waals surface area contributed by atoms with Crippen molar-refractivity contribution in [2.45, 2.75) is 6.92 Å². The first-order valence-electron chi connectivity index (χ1n) is 3.53. The molecule has 3 nitrogen and oxygen atoms in total. The summed E-state index contributed by atoms with van der Waals surface area (Å²) in [7, 11) is 0. The Morgan fingerprint density at radius 2 is 2.00 bits per heavy atom. The van der Waals surface area contributed by atoms with Gasteiger partial charge in [0.2, 0.25) is 5.91 Å². The Kier molecular flexibility index (Phi) is 3.01. The molecule has 13 heavy (non-hydrogen) atoms. The van der Waals surface area contributed by atoms with Gasteiger partial charge >= 0.3 is 0 Å². The van der Waals surface area contributed by atoms with E-state index in [-0.39, 0.29) is 5.91 Å². The third-order valence-corrected chi connectivity index (χ3v) is 2.04. The summed E-state index contributed by atoms with van der Waals surface area (Å²) in [5.41, 5.74) is 6.38. The van der Waals surface area contributed by atoms with Gasteiger partial charge in [0.05, 0.1) is 21.4 Å². The molecule has 0 aliphatic rings. The zero-order chi connectivity index (χ0) is 10.0. The summed E-state index contributed by atoms with van der Waals surface area (Å²) in [4.78, 5) is 10.7. The van der Waals surface area contributed by atoms with E-state index in [0.717, 1.165) is 0 Å². The van der Waals surface area contributed by atoms with Gasteiger partial charge in [0, 0.05) is 6.92 Å². The zero-order valence-electron chi connectivity index (χ0n) is 6.90. The number of nitrogens with two attached hydrogens (primary N) is 1. The highest BCUT2D eigenvalue weighted by Gasteiger charge is 2.05. The smallest absolute Gasteiger partial charge is 0.221 e. The molecule has 0 saturated carbocycles. The van der Waals surface area contributed by atoms with E-state index >= 15 is 0 Å². The molecule has 0 heterocycles. The summed E-state index contributed by atoms with van der Waals surface area (Å²) >= 11 is 11.5. The average Bonchev–Trinajstić information content (AvgIpc) is 1.99. The van der Waals surface area contributed by atoms with Crippen molar-refractivity contribution in [3.63, 3.8) is 0 Å². The molecule has 1 aromatic rings. The predicted molar refractivity (Wildman–Crippen MR) is 55.2 cm³/mol. The number of nitrogen functional groups attached to an aromatic ring is 1. The monoisotopic (exact) mass is 218 g/mol. The Morgan fingerprint density at radius 3 is 2.54 bits per heavy atom. The third kappa shape index (κ3) is 2.50. The van der Waals surface area contributed by atoms with Crippen LogP contribution in [0.2, 0.25) is 10.0 Å². The second-order valence-electron chi connectivity index (χ2n) is 2.53. The number of rotatable bonds is 1. The van der Waals surface area contributed by atoms with Crippen molar-refractivity contribution in [1.82, 2.24) is 0 Å². The molecular weight excluding hydrogens is 211 g/mol. The van der Waals surface area contributed by atoms with Crippen LogP contribution in [-0.4, -0.2) is 5.91 Å². The molecule has 0 radical (unpaired) electrons. The molecule has 70 valence electrons. The third-order valence-electron chi connectivity index (χ3n) is 1.40. The van der Waals surface area contributed by atoms with Gasteiger partial charge in [0.25, 0.3) is 0 Å². The Labute approximate surface area is 85.8 Å². The lowest BCUT2D eigenvalue weighted by atomic mass is 10.3. The Hall–Kier alpha value is -0.930. The van der Waals surface area contributed by atoms with Crippen LogP contribution in [0.4, 0.5) is 11.4 Å². The van der Waals surface area contributed by atoms with Crippen LogP contribution in [-0.2, 0) is 4.79 Å². The van der Waals surface area contributed by atoms with Crippen molar-refractivity contribution in [3.8, 4) is 0 Å². The van der Waals surface area contributed by atoms with Gasteiger partial charge in [-0.05, 0) is 12.1 Å². The fourth-order valence-electron chi connectivity index (χ4n) is 0.851. The van der Waals surface area contributed by atoms with E-state index in [1.807, 2.05) is 0 Å². The Morgan fingerprint density at radius 1 is 1.38 bits per heavy atom. The van der Waals surface area contributed by atoms with Gasteiger partial charge in [-0.2, -0.15) is 0 Å². The van der Waals surface area contributed by atoms with E-state index in [4.69, 9.17) is 28.9 Å². The Balaban J connectivity index is 3.08. The van der Waals surface area contributed by atoms with Gasteiger partial charge in [0.15, 0.2) is 0 Å². The van der Waals surface area contributed by atoms with E-state index in [2.05, 4.69) is 5.32 Å². The van der Waals surface area contributed by atoms with Gasteiger partial charge in [-0.3, -0.25) is 4.79 Å². The van der Waals surface area contributed by atoms with Crippen LogP contribution in [0.1, 0.15) is 6.92 Å². The summed E-state index contributed by atoms with van der Waals surface area (Å²) in [6.07, 6.45) is 0. The van der Waals surface area contributed by atoms with Crippen LogP contribution in [0.15, 0.2) is 12.1 Å². The molecule has 0 aliphatic carbocycles. The highest BCUT2D eigenvalue weighted by Crippen LogP contribution is 2.30. The first-order valence-corrected chi connectivity index (χ1v) is 4.28. The summed E-state index contributed by atoms with van der Waals surface area (Å²) in [6, 6.07) is 3.01. The minimum absolute atomic E-state index is 0.205. The number of carbonyl (C=O) groups excluding carboxylic acids is 1. The highest BCUT2D eigenvalue weighted by atomic mass is 35.5. The maximum atomic E-state index is 10.7. The first-order chi connectivity index (χ1) is 6.00. The molecular formula is C8H8Cl2N2O. The lowest BCUT2D eigenvalue weighted by Gasteiger charge is -2.06. The molecule has 0 bridgehead atoms. The van der Waals surface area contributed by atoms with E-state index in [9.17, 15) is 4.79 Å². The minimum atomic E-state index is -0.205. The molecule has 1 aromatic carbocycles. The van der Waals surface area contributed by atoms with Gasteiger partial charge in [0.1, 0.15) is 0 Å². The fourth-order valence-corrected chi connectivity index (χ4v) is 1.28. The van der Waals surface area contributed by atoms with Crippen LogP contribution >= 0.6 is 23.2 Å². The standard InChI is InChI=1S/C8H8Cl2N2O/c1-4(13)12-8-3-7(11)5(9)2-6(8)10/h2-3H,11H2,1H3,(H,12,13). The minimum Gasteiger partial charge on any atom is -0.397 e. The number of hydrogen-bond acceptors (Lipinski definition) is 2. The molecule has 5 heteroatoms. The first kappa shape index (κ1) is 10.2. The zero-order valence-corrected chi connectivity index (χ0v) is 8.41. The molecule has 3 N–H and O–H groups in total. The van der Waals surface area contributed by atoms with Crippen molar-refractivity contribution < 1.29 is 4.79 Å². The number of anilines is 2. The molecule has 0 aromatic heterocycles. The molecule has 0 saturated heterocycles. The van der Waals surface area contributed by atoms with Crippen LogP contribution in [0, 0.1) is 0 Å². The van der Waals surface area contributed by atoms with Gasteiger partial charge in [-0.1, -0.05) is 23.2 Å². The maximum absolute atomic E-state index is 10.7. The van der Waals surface area contributed by atoms with E-state index < -0.39 is 0 Å². The van der Waals surface area contributed by atoms with Crippen molar-refractivity contribution in [2.24, 2.45) is 0 Å². The lowest BCUT2D eigenvalue weighted by Crippen LogP contribution is -2.06. The molecule has 0 aliphatic heterocycles. The average molecular weight is 219 g/mol. The molecule has 0 fully saturated rings. The summed E-state index contributed by atoms with van der Waals surface area (Å²) in [6.45, 7) is 1.39. The second-order valence-corrected chi connectivity index (χ2v) is 3.35. The second kappa shape index (κ2) is 3.85. The topological polar surface area (TPSA) is 55.1 Å². The quantitative estimate of drug-likeness (QED) is 0.713. The van der Waals surface area contributed by atoms with Gasteiger partial charge < -0.3 is 11.1 Å². The molecule has 0 spiro atoms. The van der Waals surface area contributed by atoms with Crippen LogP contribution in [0.25, 0.3) is 0 Å². The van der Waals surface area contributed by atoms with E-state index in [1.54, 1.807) is 0 Å². The molecule has 0 unspecified atom stereocenters. The fraction of sp³-hybridized carbons (Fsp3) is 0.125. The van der Waals surface area contributed by atoms with Crippen molar-refractivity contribution >= 4 is 40.5 Å². The van der Waals surface area contributed by atoms with Crippen molar-refractivity contribution in [3.05, 3.63) is 22.2 Å². The van der Waals surface area contributed by atoms with Crippen LogP contribution in [0.5, 0.6) is 0 Å². The highest BCUT2D eigenvalue weighted by molar-refractivity contribution is 6.38. The van der Waals surface area contributed by atoms with Crippen LogP contribution < -0.4 is 11.1 Å². The number of benzene rings is 1. The van der Waals surface area contributed by atoms with Gasteiger partial charge in [-0.25, -0.2) is 0 Å². The molecule has 1 rings (SSSR count). The van der Waals surface area contributed by atoms with Gasteiger partial charge in [-0.15, -0.1) is 0 Å². The number of amides is 1. The van der Waals surface area contributed by atoms with Crippen LogP contribution in [0.3, 0.4) is 0 Å². The number of nitrogens with one attached hydrogen (secondary N) is 1. The number of halogens is 2. The van der Waals surface area contributed by atoms with E-state index in [1.165, 1.54) is 19.1 Å². The summed E-state index contributed by atoms with van der Waals surface area (Å²) < 4.78 is 0. The Bertz CT molecular complexity index is 352. The maximum Gasteiger partial charge on any atom is 0.221 e. The molecule has 1 amide bonds. The largest absolute Gasteiger partial charge is 0.397 e.